The van der Waals surface area contributed by atoms with E-state index in [-0.39, 0.29) is 11.8 Å². The van der Waals surface area contributed by atoms with Gasteiger partial charge in [0.2, 0.25) is 5.91 Å². The molecule has 2 atom stereocenters. The molecule has 4 heteroatoms. The van der Waals surface area contributed by atoms with Gasteiger partial charge in [-0.1, -0.05) is 13.8 Å². The van der Waals surface area contributed by atoms with Crippen molar-refractivity contribution < 1.29 is 9.90 Å². The van der Waals surface area contributed by atoms with Gasteiger partial charge in [0.15, 0.2) is 0 Å². The molecule has 0 aromatic rings. The minimum absolute atomic E-state index is 0.0579. The Hall–Kier alpha value is -0.610. The topological polar surface area (TPSA) is 75.3 Å². The number of aliphatic hydroxyl groups excluding tert-OH is 1. The Morgan fingerprint density at radius 2 is 2.08 bits per heavy atom. The van der Waals surface area contributed by atoms with E-state index < -0.39 is 6.10 Å². The SMILES string of the molecule is CCC(O)CNC(=O)C(CC)CN. The first kappa shape index (κ1) is 12.4. The van der Waals surface area contributed by atoms with Gasteiger partial charge in [-0.3, -0.25) is 4.79 Å². The molecule has 0 bridgehead atoms. The highest BCUT2D eigenvalue weighted by atomic mass is 16.3. The van der Waals surface area contributed by atoms with Crippen LogP contribution >= 0.6 is 0 Å². The van der Waals surface area contributed by atoms with Crippen LogP contribution in [-0.4, -0.2) is 30.2 Å². The fourth-order valence-electron chi connectivity index (χ4n) is 0.966. The Morgan fingerprint density at radius 3 is 2.46 bits per heavy atom. The van der Waals surface area contributed by atoms with Crippen LogP contribution in [0.1, 0.15) is 26.7 Å². The van der Waals surface area contributed by atoms with Crippen LogP contribution in [-0.2, 0) is 4.79 Å². The number of rotatable bonds is 6. The zero-order valence-corrected chi connectivity index (χ0v) is 8.42. The van der Waals surface area contributed by atoms with E-state index in [1.54, 1.807) is 0 Å². The molecule has 1 amide bonds. The van der Waals surface area contributed by atoms with Gasteiger partial charge in [-0.05, 0) is 12.8 Å². The third-order valence-electron chi connectivity index (χ3n) is 2.13. The maximum absolute atomic E-state index is 11.3. The first-order valence-electron chi connectivity index (χ1n) is 4.81. The van der Waals surface area contributed by atoms with Crippen molar-refractivity contribution >= 4 is 5.91 Å². The zero-order valence-electron chi connectivity index (χ0n) is 8.42. The molecule has 0 rings (SSSR count). The van der Waals surface area contributed by atoms with Crippen molar-refractivity contribution in [2.75, 3.05) is 13.1 Å². The minimum Gasteiger partial charge on any atom is -0.391 e. The first-order valence-corrected chi connectivity index (χ1v) is 4.81. The lowest BCUT2D eigenvalue weighted by Crippen LogP contribution is -2.38. The molecular formula is C9H20N2O2. The van der Waals surface area contributed by atoms with Crippen LogP contribution in [0.2, 0.25) is 0 Å². The van der Waals surface area contributed by atoms with Crippen molar-refractivity contribution in [1.29, 1.82) is 0 Å². The van der Waals surface area contributed by atoms with Crippen LogP contribution in [0.5, 0.6) is 0 Å². The Labute approximate surface area is 79.5 Å². The standard InChI is InChI=1S/C9H20N2O2/c1-3-7(5-10)9(13)11-6-8(12)4-2/h7-8,12H,3-6,10H2,1-2H3,(H,11,13). The molecule has 0 aromatic heterocycles. The average Bonchev–Trinajstić information content (AvgIpc) is 2.16. The van der Waals surface area contributed by atoms with Crippen molar-refractivity contribution in [3.05, 3.63) is 0 Å². The summed E-state index contributed by atoms with van der Waals surface area (Å²) in [5.74, 6) is -0.179. The summed E-state index contributed by atoms with van der Waals surface area (Å²) >= 11 is 0. The molecule has 13 heavy (non-hydrogen) atoms. The van der Waals surface area contributed by atoms with E-state index in [2.05, 4.69) is 5.32 Å². The van der Waals surface area contributed by atoms with Crippen LogP contribution < -0.4 is 11.1 Å². The van der Waals surface area contributed by atoms with E-state index in [9.17, 15) is 9.90 Å². The molecular weight excluding hydrogens is 168 g/mol. The molecule has 0 aliphatic carbocycles. The Morgan fingerprint density at radius 1 is 1.46 bits per heavy atom. The predicted molar refractivity (Wildman–Crippen MR) is 52.1 cm³/mol. The third-order valence-corrected chi connectivity index (χ3v) is 2.13. The zero-order chi connectivity index (χ0) is 10.3. The number of aliphatic hydroxyl groups is 1. The van der Waals surface area contributed by atoms with E-state index in [1.165, 1.54) is 0 Å². The molecule has 0 heterocycles. The maximum atomic E-state index is 11.3. The summed E-state index contributed by atoms with van der Waals surface area (Å²) in [6.45, 7) is 4.49. The van der Waals surface area contributed by atoms with Gasteiger partial charge >= 0.3 is 0 Å². The Kier molecular flexibility index (Phi) is 6.54. The first-order chi connectivity index (χ1) is 6.15. The molecule has 0 aliphatic heterocycles. The molecule has 0 spiro atoms. The highest BCUT2D eigenvalue weighted by Crippen LogP contribution is 1.99. The number of carbonyl (C=O) groups excluding carboxylic acids is 1. The van der Waals surface area contributed by atoms with Crippen LogP contribution in [0.25, 0.3) is 0 Å². The lowest BCUT2D eigenvalue weighted by Gasteiger charge is -2.14. The summed E-state index contributed by atoms with van der Waals surface area (Å²) in [7, 11) is 0. The summed E-state index contributed by atoms with van der Waals surface area (Å²) in [6, 6.07) is 0. The minimum atomic E-state index is -0.445. The number of nitrogens with one attached hydrogen (secondary N) is 1. The second-order valence-electron chi connectivity index (χ2n) is 3.15. The van der Waals surface area contributed by atoms with Crippen LogP contribution in [0.4, 0.5) is 0 Å². The number of hydrogen-bond acceptors (Lipinski definition) is 3. The van der Waals surface area contributed by atoms with Crippen LogP contribution in [0, 0.1) is 5.92 Å². The molecule has 0 fully saturated rings. The van der Waals surface area contributed by atoms with E-state index >= 15 is 0 Å². The summed E-state index contributed by atoms with van der Waals surface area (Å²) in [6.07, 6.45) is 0.948. The van der Waals surface area contributed by atoms with Gasteiger partial charge in [-0.15, -0.1) is 0 Å². The van der Waals surface area contributed by atoms with Gasteiger partial charge in [0.05, 0.1) is 6.10 Å². The lowest BCUT2D eigenvalue weighted by molar-refractivity contribution is -0.125. The highest BCUT2D eigenvalue weighted by molar-refractivity contribution is 5.78. The maximum Gasteiger partial charge on any atom is 0.224 e. The van der Waals surface area contributed by atoms with Gasteiger partial charge in [0, 0.05) is 19.0 Å². The molecule has 0 radical (unpaired) electrons. The summed E-state index contributed by atoms with van der Waals surface area (Å²) < 4.78 is 0. The summed E-state index contributed by atoms with van der Waals surface area (Å²) in [4.78, 5) is 11.3. The predicted octanol–water partition coefficient (Wildman–Crippen LogP) is -0.142. The van der Waals surface area contributed by atoms with Gasteiger partial charge in [0.1, 0.15) is 0 Å². The van der Waals surface area contributed by atoms with Crippen molar-refractivity contribution in [2.45, 2.75) is 32.8 Å². The van der Waals surface area contributed by atoms with E-state index in [1.807, 2.05) is 13.8 Å². The average molecular weight is 188 g/mol. The number of amides is 1. The molecule has 0 saturated carbocycles. The fourth-order valence-corrected chi connectivity index (χ4v) is 0.966. The molecule has 4 N–H and O–H groups in total. The van der Waals surface area contributed by atoms with Crippen molar-refractivity contribution in [2.24, 2.45) is 11.7 Å². The normalized spacial score (nSPS) is 15.1. The second-order valence-corrected chi connectivity index (χ2v) is 3.15. The quantitative estimate of drug-likeness (QED) is 0.543. The number of hydrogen-bond donors (Lipinski definition) is 3. The number of carbonyl (C=O) groups is 1. The van der Waals surface area contributed by atoms with Gasteiger partial charge in [0.25, 0.3) is 0 Å². The summed E-state index contributed by atoms with van der Waals surface area (Å²) in [5.41, 5.74) is 5.40. The number of nitrogens with two attached hydrogens (primary N) is 1. The molecule has 0 saturated heterocycles. The molecule has 2 unspecified atom stereocenters. The largest absolute Gasteiger partial charge is 0.391 e. The molecule has 4 nitrogen and oxygen atoms in total. The fraction of sp³-hybridized carbons (Fsp3) is 0.889. The van der Waals surface area contributed by atoms with Gasteiger partial charge in [-0.25, -0.2) is 0 Å². The van der Waals surface area contributed by atoms with Gasteiger partial charge < -0.3 is 16.2 Å². The highest BCUT2D eigenvalue weighted by Gasteiger charge is 2.14. The monoisotopic (exact) mass is 188 g/mol. The molecule has 78 valence electrons. The van der Waals surface area contributed by atoms with E-state index in [4.69, 9.17) is 5.73 Å². The van der Waals surface area contributed by atoms with E-state index in [0.29, 0.717) is 19.5 Å². The van der Waals surface area contributed by atoms with Crippen LogP contribution in [0.15, 0.2) is 0 Å². The Bertz CT molecular complexity index is 147. The van der Waals surface area contributed by atoms with Crippen LogP contribution in [0.3, 0.4) is 0 Å². The van der Waals surface area contributed by atoms with Crippen molar-refractivity contribution in [1.82, 2.24) is 5.32 Å². The lowest BCUT2D eigenvalue weighted by atomic mass is 10.1. The molecule has 0 aliphatic rings. The molecule has 0 aromatic carbocycles. The smallest absolute Gasteiger partial charge is 0.224 e. The van der Waals surface area contributed by atoms with Crippen molar-refractivity contribution in [3.63, 3.8) is 0 Å². The van der Waals surface area contributed by atoms with Crippen molar-refractivity contribution in [3.8, 4) is 0 Å². The van der Waals surface area contributed by atoms with Gasteiger partial charge in [-0.2, -0.15) is 0 Å². The van der Waals surface area contributed by atoms with E-state index in [0.717, 1.165) is 6.42 Å². The third kappa shape index (κ3) is 4.85. The second kappa shape index (κ2) is 6.86. The summed E-state index contributed by atoms with van der Waals surface area (Å²) in [5, 5.41) is 11.9. The Balaban J connectivity index is 3.72.